The Morgan fingerprint density at radius 3 is 3.20 bits per heavy atom. The van der Waals surface area contributed by atoms with Crippen molar-refractivity contribution in [1.29, 1.82) is 0 Å². The average molecular weight is 273 g/mol. The highest BCUT2D eigenvalue weighted by Gasteiger charge is 2.20. The number of hydrogen-bond donors (Lipinski definition) is 1. The molecule has 2 aromatic rings. The molecule has 0 radical (unpaired) electrons. The van der Waals surface area contributed by atoms with Crippen LogP contribution in [0.2, 0.25) is 0 Å². The fourth-order valence-corrected chi connectivity index (χ4v) is 2.38. The van der Waals surface area contributed by atoms with Gasteiger partial charge in [-0.15, -0.1) is 0 Å². The second kappa shape index (κ2) is 5.32. The van der Waals surface area contributed by atoms with Gasteiger partial charge in [0.25, 0.3) is 0 Å². The molecule has 0 saturated carbocycles. The van der Waals surface area contributed by atoms with Gasteiger partial charge in [0.15, 0.2) is 0 Å². The molecule has 1 aliphatic rings. The van der Waals surface area contributed by atoms with Crippen LogP contribution in [0.25, 0.3) is 0 Å². The topological polar surface area (TPSA) is 77.2 Å². The van der Waals surface area contributed by atoms with Gasteiger partial charge in [-0.1, -0.05) is 0 Å². The van der Waals surface area contributed by atoms with E-state index in [2.05, 4.69) is 14.5 Å². The Morgan fingerprint density at radius 2 is 2.35 bits per heavy atom. The predicted molar refractivity (Wildman–Crippen MR) is 70.7 cm³/mol. The minimum absolute atomic E-state index is 0.189. The number of imidazole rings is 1. The van der Waals surface area contributed by atoms with E-state index in [1.54, 1.807) is 0 Å². The third kappa shape index (κ3) is 2.64. The molecule has 6 heteroatoms. The number of carbonyl (C=O) groups is 1. The normalized spacial score (nSPS) is 17.5. The molecule has 2 aromatic heterocycles. The number of fused-ring (bicyclic) bond motifs is 1. The maximum atomic E-state index is 10.9. The molecule has 20 heavy (non-hydrogen) atoms. The van der Waals surface area contributed by atoms with Crippen LogP contribution in [0.5, 0.6) is 5.88 Å². The lowest BCUT2D eigenvalue weighted by molar-refractivity contribution is 0.0696. The van der Waals surface area contributed by atoms with Crippen molar-refractivity contribution in [2.75, 3.05) is 6.61 Å². The average Bonchev–Trinajstić information content (AvgIpc) is 2.93. The number of nitrogens with zero attached hydrogens (tertiary/aromatic N) is 3. The summed E-state index contributed by atoms with van der Waals surface area (Å²) in [6.07, 6.45) is 7.17. The van der Waals surface area contributed by atoms with Gasteiger partial charge >= 0.3 is 5.97 Å². The zero-order valence-corrected chi connectivity index (χ0v) is 10.9. The first-order chi connectivity index (χ1) is 9.72. The predicted octanol–water partition coefficient (Wildman–Crippen LogP) is 1.62. The van der Waals surface area contributed by atoms with E-state index in [9.17, 15) is 4.79 Å². The quantitative estimate of drug-likeness (QED) is 0.915. The van der Waals surface area contributed by atoms with Crippen LogP contribution in [0.15, 0.2) is 30.7 Å². The maximum absolute atomic E-state index is 10.9. The molecule has 0 amide bonds. The summed E-state index contributed by atoms with van der Waals surface area (Å²) in [6, 6.07) is 2.90. The minimum Gasteiger partial charge on any atom is -0.478 e. The van der Waals surface area contributed by atoms with Crippen molar-refractivity contribution in [3.63, 3.8) is 0 Å². The zero-order valence-electron chi connectivity index (χ0n) is 10.9. The number of carboxylic acid groups (broad SMARTS) is 1. The standard InChI is InChI=1S/C14H15N3O3/c18-14(19)11-1-3-16-13(8-11)20-9-10-2-5-17-6-4-15-12(17)7-10/h1,3-4,6,8,10H,2,5,7,9H2,(H,18,19). The van der Waals surface area contributed by atoms with Crippen LogP contribution in [0.3, 0.4) is 0 Å². The number of hydrogen-bond acceptors (Lipinski definition) is 4. The number of ether oxygens (including phenoxy) is 1. The summed E-state index contributed by atoms with van der Waals surface area (Å²) in [5, 5.41) is 8.92. The lowest BCUT2D eigenvalue weighted by atomic mass is 9.99. The third-order valence-electron chi connectivity index (χ3n) is 3.50. The van der Waals surface area contributed by atoms with Crippen molar-refractivity contribution in [1.82, 2.24) is 14.5 Å². The number of pyridine rings is 1. The molecule has 1 unspecified atom stereocenters. The van der Waals surface area contributed by atoms with E-state index in [-0.39, 0.29) is 5.56 Å². The van der Waals surface area contributed by atoms with Crippen LogP contribution in [0, 0.1) is 5.92 Å². The Morgan fingerprint density at radius 1 is 1.45 bits per heavy atom. The summed E-state index contributed by atoms with van der Waals surface area (Å²) in [4.78, 5) is 19.2. The van der Waals surface area contributed by atoms with E-state index < -0.39 is 5.97 Å². The molecular weight excluding hydrogens is 258 g/mol. The second-order valence-electron chi connectivity index (χ2n) is 4.89. The molecule has 0 bridgehead atoms. The van der Waals surface area contributed by atoms with Crippen molar-refractivity contribution < 1.29 is 14.6 Å². The van der Waals surface area contributed by atoms with Gasteiger partial charge in [0, 0.05) is 43.5 Å². The smallest absolute Gasteiger partial charge is 0.335 e. The van der Waals surface area contributed by atoms with E-state index >= 15 is 0 Å². The summed E-state index contributed by atoms with van der Waals surface area (Å²) in [5.74, 6) is 0.855. The third-order valence-corrected chi connectivity index (χ3v) is 3.50. The van der Waals surface area contributed by atoms with Gasteiger partial charge in [0.05, 0.1) is 12.2 Å². The number of carboxylic acids is 1. The van der Waals surface area contributed by atoms with Crippen LogP contribution in [-0.4, -0.2) is 32.2 Å². The Bertz CT molecular complexity index is 624. The molecule has 3 rings (SSSR count). The molecule has 1 atom stereocenters. The number of aryl methyl sites for hydroxylation is 1. The maximum Gasteiger partial charge on any atom is 0.335 e. The van der Waals surface area contributed by atoms with Gasteiger partial charge in [-0.05, 0) is 12.5 Å². The molecule has 1 aliphatic heterocycles. The van der Waals surface area contributed by atoms with Crippen LogP contribution < -0.4 is 4.74 Å². The van der Waals surface area contributed by atoms with Crippen molar-refractivity contribution >= 4 is 5.97 Å². The Balaban J connectivity index is 1.60. The largest absolute Gasteiger partial charge is 0.478 e. The SMILES string of the molecule is O=C(O)c1ccnc(OCC2CCn3ccnc3C2)c1. The highest BCUT2D eigenvalue weighted by atomic mass is 16.5. The van der Waals surface area contributed by atoms with Crippen molar-refractivity contribution in [3.8, 4) is 5.88 Å². The molecule has 0 fully saturated rings. The fraction of sp³-hybridized carbons (Fsp3) is 0.357. The van der Waals surface area contributed by atoms with Gasteiger partial charge in [-0.3, -0.25) is 0 Å². The number of rotatable bonds is 4. The Labute approximate surface area is 116 Å². The summed E-state index contributed by atoms with van der Waals surface area (Å²) in [7, 11) is 0. The first kappa shape index (κ1) is 12.7. The van der Waals surface area contributed by atoms with Crippen LogP contribution in [0.4, 0.5) is 0 Å². The molecule has 0 aliphatic carbocycles. The molecule has 6 nitrogen and oxygen atoms in total. The van der Waals surface area contributed by atoms with Crippen molar-refractivity contribution in [3.05, 3.63) is 42.1 Å². The van der Waals surface area contributed by atoms with Gasteiger partial charge in [0.2, 0.25) is 5.88 Å². The lowest BCUT2D eigenvalue weighted by Gasteiger charge is -2.23. The molecule has 0 spiro atoms. The molecular formula is C14H15N3O3. The van der Waals surface area contributed by atoms with Gasteiger partial charge in [-0.25, -0.2) is 14.8 Å². The zero-order chi connectivity index (χ0) is 13.9. The first-order valence-electron chi connectivity index (χ1n) is 6.54. The van der Waals surface area contributed by atoms with E-state index in [0.717, 1.165) is 25.2 Å². The molecule has 0 aromatic carbocycles. The Hall–Kier alpha value is -2.37. The minimum atomic E-state index is -0.975. The van der Waals surface area contributed by atoms with Crippen LogP contribution in [-0.2, 0) is 13.0 Å². The van der Waals surface area contributed by atoms with E-state index in [4.69, 9.17) is 9.84 Å². The molecule has 104 valence electrons. The number of aromatic nitrogens is 3. The highest BCUT2D eigenvalue weighted by Crippen LogP contribution is 2.20. The second-order valence-corrected chi connectivity index (χ2v) is 4.89. The van der Waals surface area contributed by atoms with Crippen molar-refractivity contribution in [2.24, 2.45) is 5.92 Å². The fourth-order valence-electron chi connectivity index (χ4n) is 2.38. The lowest BCUT2D eigenvalue weighted by Crippen LogP contribution is -2.24. The summed E-state index contributed by atoms with van der Waals surface area (Å²) < 4.78 is 7.77. The van der Waals surface area contributed by atoms with Gasteiger partial charge < -0.3 is 14.4 Å². The van der Waals surface area contributed by atoms with Gasteiger partial charge in [-0.2, -0.15) is 0 Å². The van der Waals surface area contributed by atoms with Gasteiger partial charge in [0.1, 0.15) is 5.82 Å². The monoisotopic (exact) mass is 273 g/mol. The van der Waals surface area contributed by atoms with E-state index in [1.807, 2.05) is 12.4 Å². The van der Waals surface area contributed by atoms with E-state index in [1.165, 1.54) is 18.3 Å². The van der Waals surface area contributed by atoms with Crippen LogP contribution >= 0.6 is 0 Å². The highest BCUT2D eigenvalue weighted by molar-refractivity contribution is 5.87. The molecule has 3 heterocycles. The summed E-state index contributed by atoms with van der Waals surface area (Å²) in [6.45, 7) is 1.48. The first-order valence-corrected chi connectivity index (χ1v) is 6.54. The molecule has 1 N–H and O–H groups in total. The summed E-state index contributed by atoms with van der Waals surface area (Å²) in [5.41, 5.74) is 0.189. The summed E-state index contributed by atoms with van der Waals surface area (Å²) >= 11 is 0. The van der Waals surface area contributed by atoms with Crippen LogP contribution in [0.1, 0.15) is 22.6 Å². The van der Waals surface area contributed by atoms with E-state index in [0.29, 0.717) is 18.4 Å². The Kier molecular flexibility index (Phi) is 3.37. The number of aromatic carboxylic acids is 1. The van der Waals surface area contributed by atoms with Crippen molar-refractivity contribution in [2.45, 2.75) is 19.4 Å². The molecule has 0 saturated heterocycles.